The fourth-order valence-corrected chi connectivity index (χ4v) is 1.75. The van der Waals surface area contributed by atoms with Crippen molar-refractivity contribution in [1.29, 1.82) is 0 Å². The van der Waals surface area contributed by atoms with Gasteiger partial charge in [0.15, 0.2) is 0 Å². The molecule has 2 rings (SSSR count). The molecule has 0 bridgehead atoms. The van der Waals surface area contributed by atoms with E-state index in [9.17, 15) is 0 Å². The van der Waals surface area contributed by atoms with E-state index in [0.29, 0.717) is 0 Å². The molecular weight excluding hydrogens is 236 g/mol. The van der Waals surface area contributed by atoms with Gasteiger partial charge in [0.2, 0.25) is 5.28 Å². The average Bonchev–Trinajstić information content (AvgIpc) is 2.33. The molecule has 0 spiro atoms. The largest absolute Gasteiger partial charge is 0.399 e. The van der Waals surface area contributed by atoms with Crippen LogP contribution in [0, 0.1) is 0 Å². The van der Waals surface area contributed by atoms with Crippen LogP contribution in [0.1, 0.15) is 6.92 Å². The minimum absolute atomic E-state index is 0.247. The van der Waals surface area contributed by atoms with Gasteiger partial charge in [-0.2, -0.15) is 0 Å². The summed E-state index contributed by atoms with van der Waals surface area (Å²) in [7, 11) is 0. The molecule has 0 aliphatic heterocycles. The molecule has 0 amide bonds. The lowest BCUT2D eigenvalue weighted by atomic mass is 10.2. The molecule has 5 heteroatoms. The maximum atomic E-state index is 5.79. The summed E-state index contributed by atoms with van der Waals surface area (Å²) in [6, 6.07) is 9.46. The van der Waals surface area contributed by atoms with Crippen LogP contribution in [0.5, 0.6) is 0 Å². The van der Waals surface area contributed by atoms with E-state index >= 15 is 0 Å². The third-order valence-corrected chi connectivity index (χ3v) is 2.59. The number of nitrogens with zero attached hydrogens (tertiary/aromatic N) is 3. The minimum Gasteiger partial charge on any atom is -0.399 e. The van der Waals surface area contributed by atoms with E-state index in [-0.39, 0.29) is 5.28 Å². The Morgan fingerprint density at radius 1 is 1.24 bits per heavy atom. The van der Waals surface area contributed by atoms with Gasteiger partial charge >= 0.3 is 0 Å². The van der Waals surface area contributed by atoms with Crippen LogP contribution in [0.4, 0.5) is 17.2 Å². The van der Waals surface area contributed by atoms with Crippen molar-refractivity contribution in [2.75, 3.05) is 17.2 Å². The molecule has 1 heterocycles. The topological polar surface area (TPSA) is 55.0 Å². The van der Waals surface area contributed by atoms with Gasteiger partial charge in [-0.1, -0.05) is 0 Å². The van der Waals surface area contributed by atoms with Crippen molar-refractivity contribution in [3.63, 3.8) is 0 Å². The monoisotopic (exact) mass is 248 g/mol. The first-order valence-corrected chi connectivity index (χ1v) is 5.70. The number of rotatable bonds is 3. The zero-order valence-electron chi connectivity index (χ0n) is 9.47. The number of nitrogens with two attached hydrogens (primary N) is 1. The van der Waals surface area contributed by atoms with Crippen molar-refractivity contribution in [3.05, 3.63) is 41.8 Å². The van der Waals surface area contributed by atoms with E-state index in [2.05, 4.69) is 9.97 Å². The van der Waals surface area contributed by atoms with E-state index in [4.69, 9.17) is 17.3 Å². The molecule has 0 saturated heterocycles. The second-order valence-corrected chi connectivity index (χ2v) is 3.86. The van der Waals surface area contributed by atoms with Crippen molar-refractivity contribution < 1.29 is 0 Å². The summed E-state index contributed by atoms with van der Waals surface area (Å²) in [5.74, 6) is 0.775. The Morgan fingerprint density at radius 2 is 1.94 bits per heavy atom. The highest BCUT2D eigenvalue weighted by atomic mass is 35.5. The number of anilines is 3. The smallest absolute Gasteiger partial charge is 0.224 e. The van der Waals surface area contributed by atoms with Crippen LogP contribution >= 0.6 is 11.6 Å². The predicted molar refractivity (Wildman–Crippen MR) is 70.6 cm³/mol. The van der Waals surface area contributed by atoms with Crippen LogP contribution in [-0.2, 0) is 0 Å². The number of aromatic nitrogens is 2. The zero-order valence-corrected chi connectivity index (χ0v) is 10.2. The van der Waals surface area contributed by atoms with Crippen LogP contribution in [0.25, 0.3) is 0 Å². The quantitative estimate of drug-likeness (QED) is 0.670. The van der Waals surface area contributed by atoms with Crippen molar-refractivity contribution >= 4 is 28.8 Å². The lowest BCUT2D eigenvalue weighted by molar-refractivity contribution is 0.976. The van der Waals surface area contributed by atoms with Gasteiger partial charge in [-0.15, -0.1) is 0 Å². The van der Waals surface area contributed by atoms with E-state index in [1.807, 2.05) is 42.2 Å². The molecule has 1 aromatic heterocycles. The van der Waals surface area contributed by atoms with Gasteiger partial charge in [0.05, 0.1) is 0 Å². The van der Waals surface area contributed by atoms with Gasteiger partial charge in [0, 0.05) is 24.1 Å². The molecule has 0 unspecified atom stereocenters. The number of halogens is 1. The van der Waals surface area contributed by atoms with Crippen molar-refractivity contribution in [2.45, 2.75) is 6.92 Å². The Labute approximate surface area is 105 Å². The first-order chi connectivity index (χ1) is 8.20. The van der Waals surface area contributed by atoms with Crippen LogP contribution in [0.3, 0.4) is 0 Å². The Morgan fingerprint density at radius 3 is 2.53 bits per heavy atom. The van der Waals surface area contributed by atoms with Crippen LogP contribution in [-0.4, -0.2) is 16.5 Å². The number of nitrogen functional groups attached to an aromatic ring is 1. The van der Waals surface area contributed by atoms with Gasteiger partial charge < -0.3 is 10.6 Å². The highest BCUT2D eigenvalue weighted by molar-refractivity contribution is 6.28. The summed E-state index contributed by atoms with van der Waals surface area (Å²) in [4.78, 5) is 10.1. The normalized spacial score (nSPS) is 10.2. The lowest BCUT2D eigenvalue weighted by Crippen LogP contribution is -2.17. The summed E-state index contributed by atoms with van der Waals surface area (Å²) in [5, 5.41) is 0.247. The van der Waals surface area contributed by atoms with Crippen molar-refractivity contribution in [2.24, 2.45) is 0 Å². The maximum absolute atomic E-state index is 5.79. The molecule has 0 aliphatic rings. The summed E-state index contributed by atoms with van der Waals surface area (Å²) in [6.45, 7) is 2.84. The molecule has 0 saturated carbocycles. The van der Waals surface area contributed by atoms with Gasteiger partial charge in [0.1, 0.15) is 5.82 Å². The summed E-state index contributed by atoms with van der Waals surface area (Å²) in [6.07, 6.45) is 1.64. The van der Waals surface area contributed by atoms with Crippen molar-refractivity contribution in [1.82, 2.24) is 9.97 Å². The van der Waals surface area contributed by atoms with Gasteiger partial charge in [-0.05, 0) is 48.9 Å². The maximum Gasteiger partial charge on any atom is 0.224 e. The molecule has 4 nitrogen and oxygen atoms in total. The first kappa shape index (κ1) is 11.7. The molecule has 0 atom stereocenters. The number of hydrogen-bond donors (Lipinski definition) is 1. The van der Waals surface area contributed by atoms with E-state index in [1.165, 1.54) is 0 Å². The zero-order chi connectivity index (χ0) is 12.3. The SMILES string of the molecule is CCN(c1ccc(N)cc1)c1ccnc(Cl)n1. The van der Waals surface area contributed by atoms with Gasteiger partial charge in [-0.25, -0.2) is 9.97 Å². The first-order valence-electron chi connectivity index (χ1n) is 5.32. The third kappa shape index (κ3) is 2.65. The van der Waals surface area contributed by atoms with Crippen LogP contribution in [0.2, 0.25) is 5.28 Å². The van der Waals surface area contributed by atoms with E-state index in [0.717, 1.165) is 23.7 Å². The molecular formula is C12H13ClN4. The van der Waals surface area contributed by atoms with E-state index in [1.54, 1.807) is 6.20 Å². The average molecular weight is 249 g/mol. The summed E-state index contributed by atoms with van der Waals surface area (Å²) < 4.78 is 0. The minimum atomic E-state index is 0.247. The third-order valence-electron chi connectivity index (χ3n) is 2.41. The summed E-state index contributed by atoms with van der Waals surface area (Å²) in [5.41, 5.74) is 7.43. The van der Waals surface area contributed by atoms with E-state index < -0.39 is 0 Å². The standard InChI is InChI=1S/C12H13ClN4/c1-2-17(10-5-3-9(14)4-6-10)11-7-8-15-12(13)16-11/h3-8H,2,14H2,1H3. The molecule has 17 heavy (non-hydrogen) atoms. The Hall–Kier alpha value is -1.81. The molecule has 0 radical (unpaired) electrons. The fourth-order valence-electron chi connectivity index (χ4n) is 1.61. The second kappa shape index (κ2) is 5.01. The highest BCUT2D eigenvalue weighted by Crippen LogP contribution is 2.24. The van der Waals surface area contributed by atoms with Crippen LogP contribution in [0.15, 0.2) is 36.5 Å². The molecule has 2 N–H and O–H groups in total. The fraction of sp³-hybridized carbons (Fsp3) is 0.167. The highest BCUT2D eigenvalue weighted by Gasteiger charge is 2.08. The molecule has 2 aromatic rings. The Balaban J connectivity index is 2.36. The molecule has 1 aromatic carbocycles. The van der Waals surface area contributed by atoms with Gasteiger partial charge in [0.25, 0.3) is 0 Å². The Kier molecular flexibility index (Phi) is 3.44. The molecule has 0 fully saturated rings. The number of benzene rings is 1. The number of hydrogen-bond acceptors (Lipinski definition) is 4. The van der Waals surface area contributed by atoms with Crippen molar-refractivity contribution in [3.8, 4) is 0 Å². The van der Waals surface area contributed by atoms with Crippen LogP contribution < -0.4 is 10.6 Å². The van der Waals surface area contributed by atoms with Gasteiger partial charge in [-0.3, -0.25) is 0 Å². The second-order valence-electron chi connectivity index (χ2n) is 3.52. The summed E-state index contributed by atoms with van der Waals surface area (Å²) >= 11 is 5.79. The predicted octanol–water partition coefficient (Wildman–Crippen LogP) is 2.87. The molecule has 0 aliphatic carbocycles. The lowest BCUT2D eigenvalue weighted by Gasteiger charge is -2.21. The molecule has 88 valence electrons. The Bertz CT molecular complexity index is 498.